The van der Waals surface area contributed by atoms with Gasteiger partial charge in [-0.05, 0) is 60.2 Å². The SMILES string of the molecule is COc1ccc(/C=C(\Oc2ccc(Cl)cc2)c2nc3ccccc3s2)cc1. The van der Waals surface area contributed by atoms with E-state index in [1.54, 1.807) is 30.6 Å². The third-order valence-electron chi connectivity index (χ3n) is 3.96. The quantitative estimate of drug-likeness (QED) is 0.361. The van der Waals surface area contributed by atoms with Gasteiger partial charge < -0.3 is 9.47 Å². The average molecular weight is 394 g/mol. The molecule has 0 aliphatic rings. The van der Waals surface area contributed by atoms with Crippen LogP contribution in [0.1, 0.15) is 10.6 Å². The standard InChI is InChI=1S/C22H16ClNO2S/c1-25-17-10-6-15(7-11-17)14-20(26-18-12-8-16(23)9-13-18)22-24-19-4-2-3-5-21(19)27-22/h2-14H,1H3/b20-14-. The van der Waals surface area contributed by atoms with E-state index >= 15 is 0 Å². The third-order valence-corrected chi connectivity index (χ3v) is 5.26. The highest BCUT2D eigenvalue weighted by atomic mass is 35.5. The lowest BCUT2D eigenvalue weighted by Crippen LogP contribution is -1.95. The van der Waals surface area contributed by atoms with E-state index in [2.05, 4.69) is 6.07 Å². The van der Waals surface area contributed by atoms with E-state index in [-0.39, 0.29) is 0 Å². The second-order valence-corrected chi connectivity index (χ2v) is 7.29. The Morgan fingerprint density at radius 1 is 0.926 bits per heavy atom. The molecule has 134 valence electrons. The lowest BCUT2D eigenvalue weighted by Gasteiger charge is -2.08. The second-order valence-electron chi connectivity index (χ2n) is 5.82. The Morgan fingerprint density at radius 2 is 1.63 bits per heavy atom. The van der Waals surface area contributed by atoms with Crippen LogP contribution in [0, 0.1) is 0 Å². The molecule has 3 nitrogen and oxygen atoms in total. The van der Waals surface area contributed by atoms with Crippen molar-refractivity contribution in [3.8, 4) is 11.5 Å². The van der Waals surface area contributed by atoms with Gasteiger partial charge >= 0.3 is 0 Å². The molecule has 3 aromatic carbocycles. The number of rotatable bonds is 5. The minimum Gasteiger partial charge on any atom is -0.497 e. The maximum atomic E-state index is 6.16. The van der Waals surface area contributed by atoms with E-state index in [1.165, 1.54) is 0 Å². The molecule has 4 rings (SSSR count). The topological polar surface area (TPSA) is 31.4 Å². The van der Waals surface area contributed by atoms with Gasteiger partial charge in [-0.1, -0.05) is 35.9 Å². The lowest BCUT2D eigenvalue weighted by atomic mass is 10.2. The molecular weight excluding hydrogens is 378 g/mol. The van der Waals surface area contributed by atoms with E-state index in [1.807, 2.05) is 60.7 Å². The first kappa shape index (κ1) is 17.6. The Kier molecular flexibility index (Phi) is 5.10. The molecule has 5 heteroatoms. The molecule has 4 aromatic rings. The number of nitrogens with zero attached hydrogens (tertiary/aromatic N) is 1. The number of hydrogen-bond donors (Lipinski definition) is 0. The van der Waals surface area contributed by atoms with Gasteiger partial charge in [0.2, 0.25) is 0 Å². The zero-order valence-corrected chi connectivity index (χ0v) is 16.1. The van der Waals surface area contributed by atoms with Crippen LogP contribution in [-0.4, -0.2) is 12.1 Å². The van der Waals surface area contributed by atoms with Gasteiger partial charge in [-0.15, -0.1) is 11.3 Å². The number of methoxy groups -OCH3 is 1. The van der Waals surface area contributed by atoms with Crippen molar-refractivity contribution in [1.29, 1.82) is 0 Å². The molecule has 0 amide bonds. The number of benzene rings is 3. The molecule has 27 heavy (non-hydrogen) atoms. The van der Waals surface area contributed by atoms with Crippen LogP contribution in [0.3, 0.4) is 0 Å². The van der Waals surface area contributed by atoms with Crippen molar-refractivity contribution >= 4 is 45.0 Å². The third kappa shape index (κ3) is 4.13. The van der Waals surface area contributed by atoms with Crippen LogP contribution < -0.4 is 9.47 Å². The molecule has 0 aliphatic heterocycles. The molecule has 0 saturated carbocycles. The molecule has 0 saturated heterocycles. The molecule has 0 atom stereocenters. The highest BCUT2D eigenvalue weighted by Crippen LogP contribution is 2.31. The second kappa shape index (κ2) is 7.82. The van der Waals surface area contributed by atoms with Gasteiger partial charge in [0.15, 0.2) is 10.8 Å². The monoisotopic (exact) mass is 393 g/mol. The van der Waals surface area contributed by atoms with E-state index in [0.29, 0.717) is 16.5 Å². The molecule has 1 aromatic heterocycles. The van der Waals surface area contributed by atoms with Gasteiger partial charge in [0.25, 0.3) is 0 Å². The minimum absolute atomic E-state index is 0.669. The van der Waals surface area contributed by atoms with E-state index in [4.69, 9.17) is 26.1 Å². The predicted octanol–water partition coefficient (Wildman–Crippen LogP) is 6.54. The van der Waals surface area contributed by atoms with Gasteiger partial charge in [-0.25, -0.2) is 4.98 Å². The molecule has 0 spiro atoms. The fourth-order valence-corrected chi connectivity index (χ4v) is 3.64. The first-order valence-corrected chi connectivity index (χ1v) is 9.56. The largest absolute Gasteiger partial charge is 0.497 e. The number of aromatic nitrogens is 1. The van der Waals surface area contributed by atoms with Crippen LogP contribution in [0.25, 0.3) is 22.1 Å². The summed E-state index contributed by atoms with van der Waals surface area (Å²) in [6, 6.07) is 23.2. The van der Waals surface area contributed by atoms with Crippen molar-refractivity contribution < 1.29 is 9.47 Å². The minimum atomic E-state index is 0.669. The summed E-state index contributed by atoms with van der Waals surface area (Å²) < 4.78 is 12.5. The molecule has 0 aliphatic carbocycles. The van der Waals surface area contributed by atoms with Gasteiger partial charge in [-0.3, -0.25) is 0 Å². The number of hydrogen-bond acceptors (Lipinski definition) is 4. The molecular formula is C22H16ClNO2S. The van der Waals surface area contributed by atoms with Crippen LogP contribution in [0.5, 0.6) is 11.5 Å². The van der Waals surface area contributed by atoms with Gasteiger partial charge in [0.1, 0.15) is 11.5 Å². The summed E-state index contributed by atoms with van der Waals surface area (Å²) >= 11 is 7.58. The van der Waals surface area contributed by atoms with Crippen molar-refractivity contribution in [3.63, 3.8) is 0 Å². The van der Waals surface area contributed by atoms with Crippen molar-refractivity contribution in [1.82, 2.24) is 4.98 Å². The molecule has 0 unspecified atom stereocenters. The summed E-state index contributed by atoms with van der Waals surface area (Å²) in [6.07, 6.45) is 1.98. The maximum Gasteiger partial charge on any atom is 0.163 e. The fraction of sp³-hybridized carbons (Fsp3) is 0.0455. The Morgan fingerprint density at radius 3 is 2.33 bits per heavy atom. The molecule has 0 fully saturated rings. The zero-order chi connectivity index (χ0) is 18.6. The summed E-state index contributed by atoms with van der Waals surface area (Å²) in [5.41, 5.74) is 1.96. The summed E-state index contributed by atoms with van der Waals surface area (Å²) in [6.45, 7) is 0. The van der Waals surface area contributed by atoms with Crippen molar-refractivity contribution in [2.45, 2.75) is 0 Å². The van der Waals surface area contributed by atoms with Gasteiger partial charge in [0.05, 0.1) is 17.3 Å². The first-order valence-electron chi connectivity index (χ1n) is 8.36. The number of thiazole rings is 1. The van der Waals surface area contributed by atoms with E-state index < -0.39 is 0 Å². The average Bonchev–Trinajstić information content (AvgIpc) is 3.14. The highest BCUT2D eigenvalue weighted by Gasteiger charge is 2.12. The fourth-order valence-electron chi connectivity index (χ4n) is 2.59. The van der Waals surface area contributed by atoms with Crippen LogP contribution in [0.4, 0.5) is 0 Å². The number of fused-ring (bicyclic) bond motifs is 1. The summed E-state index contributed by atoms with van der Waals surface area (Å²) in [4.78, 5) is 4.73. The Labute approximate surface area is 166 Å². The van der Waals surface area contributed by atoms with Crippen molar-refractivity contribution in [2.75, 3.05) is 7.11 Å². The van der Waals surface area contributed by atoms with Crippen molar-refractivity contribution in [3.05, 3.63) is 88.4 Å². The first-order chi connectivity index (χ1) is 13.2. The highest BCUT2D eigenvalue weighted by molar-refractivity contribution is 7.19. The van der Waals surface area contributed by atoms with Crippen molar-refractivity contribution in [2.24, 2.45) is 0 Å². The number of para-hydroxylation sites is 1. The summed E-state index contributed by atoms with van der Waals surface area (Å²) in [5.74, 6) is 2.20. The van der Waals surface area contributed by atoms with Gasteiger partial charge in [0, 0.05) is 5.02 Å². The Hall–Kier alpha value is -2.82. The van der Waals surface area contributed by atoms with Crippen LogP contribution in [0.15, 0.2) is 72.8 Å². The zero-order valence-electron chi connectivity index (χ0n) is 14.6. The van der Waals surface area contributed by atoms with E-state index in [9.17, 15) is 0 Å². The number of halogens is 1. The predicted molar refractivity (Wildman–Crippen MR) is 113 cm³/mol. The lowest BCUT2D eigenvalue weighted by molar-refractivity contribution is 0.415. The summed E-state index contributed by atoms with van der Waals surface area (Å²) in [5, 5.41) is 1.49. The molecule has 0 radical (unpaired) electrons. The van der Waals surface area contributed by atoms with E-state index in [0.717, 1.165) is 26.5 Å². The van der Waals surface area contributed by atoms with Crippen LogP contribution in [-0.2, 0) is 0 Å². The normalized spacial score (nSPS) is 11.6. The van der Waals surface area contributed by atoms with Crippen LogP contribution >= 0.6 is 22.9 Å². The Bertz CT molecular complexity index is 1050. The summed E-state index contributed by atoms with van der Waals surface area (Å²) in [7, 11) is 1.65. The number of ether oxygens (including phenoxy) is 2. The molecule has 1 heterocycles. The molecule has 0 N–H and O–H groups in total. The maximum absolute atomic E-state index is 6.16. The smallest absolute Gasteiger partial charge is 0.163 e. The van der Waals surface area contributed by atoms with Crippen LogP contribution in [0.2, 0.25) is 5.02 Å². The Balaban J connectivity index is 1.75. The van der Waals surface area contributed by atoms with Gasteiger partial charge in [-0.2, -0.15) is 0 Å². The molecule has 0 bridgehead atoms.